The fraction of sp³-hybridized carbons (Fsp3) is 0.167. The van der Waals surface area contributed by atoms with E-state index in [-0.39, 0.29) is 11.4 Å². The molecule has 4 nitrogen and oxygen atoms in total. The summed E-state index contributed by atoms with van der Waals surface area (Å²) in [7, 11) is 1.54. The highest BCUT2D eigenvalue weighted by Gasteiger charge is 2.05. The first-order valence-electron chi connectivity index (χ1n) is 2.66. The Balaban J connectivity index is 4.62. The van der Waals surface area contributed by atoms with Crippen LogP contribution in [0.5, 0.6) is 0 Å². The molecule has 10 heavy (non-hydrogen) atoms. The van der Waals surface area contributed by atoms with E-state index in [0.717, 1.165) is 0 Å². The van der Waals surface area contributed by atoms with Gasteiger partial charge in [0.25, 0.3) is 0 Å². The second kappa shape index (κ2) is 3.55. The Morgan fingerprint density at radius 1 is 1.80 bits per heavy atom. The fourth-order valence-corrected chi connectivity index (χ4v) is 0.447. The summed E-state index contributed by atoms with van der Waals surface area (Å²) in [4.78, 5) is 10.3. The molecule has 0 saturated carbocycles. The molecule has 56 valence electrons. The van der Waals surface area contributed by atoms with Crippen LogP contribution >= 0.6 is 0 Å². The van der Waals surface area contributed by atoms with E-state index in [4.69, 9.17) is 10.8 Å². The zero-order chi connectivity index (χ0) is 8.15. The second-order valence-electron chi connectivity index (χ2n) is 1.59. The zero-order valence-electron chi connectivity index (χ0n) is 5.72. The van der Waals surface area contributed by atoms with Gasteiger partial charge in [0.15, 0.2) is 0 Å². The zero-order valence-corrected chi connectivity index (χ0v) is 5.72. The van der Waals surface area contributed by atoms with Crippen LogP contribution in [-0.2, 0) is 4.79 Å². The van der Waals surface area contributed by atoms with Gasteiger partial charge in [0.05, 0.1) is 5.57 Å². The monoisotopic (exact) mass is 142 g/mol. The SMILES string of the molecule is C=C/C(C(=O)O)=C(/N)NC. The van der Waals surface area contributed by atoms with Gasteiger partial charge in [-0.1, -0.05) is 12.7 Å². The molecular weight excluding hydrogens is 132 g/mol. The maximum absolute atomic E-state index is 10.3. The summed E-state index contributed by atoms with van der Waals surface area (Å²) < 4.78 is 0. The molecule has 0 aliphatic rings. The Morgan fingerprint density at radius 2 is 2.30 bits per heavy atom. The number of carbonyl (C=O) groups is 1. The van der Waals surface area contributed by atoms with Gasteiger partial charge >= 0.3 is 5.97 Å². The Labute approximate surface area is 59.0 Å². The third kappa shape index (κ3) is 1.81. The predicted molar refractivity (Wildman–Crippen MR) is 38.1 cm³/mol. The van der Waals surface area contributed by atoms with E-state index in [1.807, 2.05) is 0 Å². The van der Waals surface area contributed by atoms with E-state index in [1.165, 1.54) is 6.08 Å². The number of hydrogen-bond donors (Lipinski definition) is 3. The first kappa shape index (κ1) is 8.55. The van der Waals surface area contributed by atoms with E-state index < -0.39 is 5.97 Å². The molecule has 4 N–H and O–H groups in total. The molecule has 0 unspecified atom stereocenters. The van der Waals surface area contributed by atoms with Crippen LogP contribution in [0.15, 0.2) is 24.0 Å². The second-order valence-corrected chi connectivity index (χ2v) is 1.59. The molecule has 0 rings (SSSR count). The summed E-state index contributed by atoms with van der Waals surface area (Å²) in [6.07, 6.45) is 1.19. The Bertz CT molecular complexity index is 184. The van der Waals surface area contributed by atoms with Crippen LogP contribution in [0.25, 0.3) is 0 Å². The summed E-state index contributed by atoms with van der Waals surface area (Å²) >= 11 is 0. The number of rotatable bonds is 3. The topological polar surface area (TPSA) is 75.3 Å². The third-order valence-electron chi connectivity index (χ3n) is 0.994. The lowest BCUT2D eigenvalue weighted by molar-refractivity contribution is -0.132. The molecular formula is C6H10N2O2. The van der Waals surface area contributed by atoms with Crippen molar-refractivity contribution in [3.05, 3.63) is 24.0 Å². The van der Waals surface area contributed by atoms with E-state index in [1.54, 1.807) is 7.05 Å². The van der Waals surface area contributed by atoms with Gasteiger partial charge in [-0.3, -0.25) is 0 Å². The summed E-state index contributed by atoms with van der Waals surface area (Å²) in [5, 5.41) is 10.9. The van der Waals surface area contributed by atoms with E-state index in [2.05, 4.69) is 11.9 Å². The minimum absolute atomic E-state index is 0.0116. The fourth-order valence-electron chi connectivity index (χ4n) is 0.447. The van der Waals surface area contributed by atoms with Crippen molar-refractivity contribution in [2.75, 3.05) is 7.05 Å². The normalized spacial score (nSPS) is 11.7. The number of carboxylic acids is 1. The molecule has 0 aromatic carbocycles. The van der Waals surface area contributed by atoms with Gasteiger partial charge in [-0.05, 0) is 0 Å². The summed E-state index contributed by atoms with van der Waals surface area (Å²) in [5.74, 6) is -0.968. The van der Waals surface area contributed by atoms with Gasteiger partial charge in [-0.2, -0.15) is 0 Å². The third-order valence-corrected chi connectivity index (χ3v) is 0.994. The van der Waals surface area contributed by atoms with Gasteiger partial charge in [-0.25, -0.2) is 4.79 Å². The average Bonchev–Trinajstić information content (AvgIpc) is 1.88. The van der Waals surface area contributed by atoms with E-state index >= 15 is 0 Å². The maximum Gasteiger partial charge on any atom is 0.339 e. The van der Waals surface area contributed by atoms with Crippen LogP contribution in [0.2, 0.25) is 0 Å². The Morgan fingerprint density at radius 3 is 2.40 bits per heavy atom. The van der Waals surface area contributed by atoms with Crippen LogP contribution in [0, 0.1) is 0 Å². The predicted octanol–water partition coefficient (Wildman–Crippen LogP) is -0.353. The number of nitrogens with two attached hydrogens (primary N) is 1. The molecule has 4 heteroatoms. The standard InChI is InChI=1S/C6H10N2O2/c1-3-4(6(9)10)5(7)8-2/h3,8H,1,7H2,2H3,(H,9,10)/b5-4+. The van der Waals surface area contributed by atoms with E-state index in [9.17, 15) is 4.79 Å². The molecule has 0 atom stereocenters. The highest BCUT2D eigenvalue weighted by atomic mass is 16.4. The van der Waals surface area contributed by atoms with Crippen LogP contribution in [-0.4, -0.2) is 18.1 Å². The minimum Gasteiger partial charge on any atom is -0.478 e. The molecule has 0 saturated heterocycles. The summed E-state index contributed by atoms with van der Waals surface area (Å²) in [6.45, 7) is 3.29. The minimum atomic E-state index is -1.08. The van der Waals surface area contributed by atoms with Crippen molar-refractivity contribution in [2.24, 2.45) is 5.73 Å². The van der Waals surface area contributed by atoms with Crippen LogP contribution in [0.4, 0.5) is 0 Å². The molecule has 0 fully saturated rings. The van der Waals surface area contributed by atoms with Crippen molar-refractivity contribution >= 4 is 5.97 Å². The van der Waals surface area contributed by atoms with Crippen molar-refractivity contribution in [3.63, 3.8) is 0 Å². The van der Waals surface area contributed by atoms with Gasteiger partial charge < -0.3 is 16.2 Å². The van der Waals surface area contributed by atoms with E-state index in [0.29, 0.717) is 0 Å². The Hall–Kier alpha value is -1.45. The molecule has 0 aromatic heterocycles. The molecule has 0 aromatic rings. The average molecular weight is 142 g/mol. The van der Waals surface area contributed by atoms with Crippen LogP contribution in [0.3, 0.4) is 0 Å². The molecule has 0 heterocycles. The first-order valence-corrected chi connectivity index (χ1v) is 2.66. The molecule has 0 aliphatic carbocycles. The highest BCUT2D eigenvalue weighted by Crippen LogP contribution is 1.96. The Kier molecular flexibility index (Phi) is 3.04. The lowest BCUT2D eigenvalue weighted by Crippen LogP contribution is -2.20. The number of nitrogens with one attached hydrogen (secondary N) is 1. The molecule has 0 spiro atoms. The van der Waals surface area contributed by atoms with Crippen LogP contribution in [0.1, 0.15) is 0 Å². The summed E-state index contributed by atoms with van der Waals surface area (Å²) in [5.41, 5.74) is 5.23. The largest absolute Gasteiger partial charge is 0.478 e. The van der Waals surface area contributed by atoms with Crippen molar-refractivity contribution in [1.82, 2.24) is 5.32 Å². The molecule has 0 amide bonds. The van der Waals surface area contributed by atoms with Gasteiger partial charge in [0.2, 0.25) is 0 Å². The number of carboxylic acid groups (broad SMARTS) is 1. The smallest absolute Gasteiger partial charge is 0.339 e. The van der Waals surface area contributed by atoms with Crippen molar-refractivity contribution < 1.29 is 9.90 Å². The maximum atomic E-state index is 10.3. The van der Waals surface area contributed by atoms with Crippen molar-refractivity contribution in [3.8, 4) is 0 Å². The molecule has 0 aliphatic heterocycles. The quantitative estimate of drug-likeness (QED) is 0.372. The van der Waals surface area contributed by atoms with Gasteiger partial charge in [0.1, 0.15) is 5.82 Å². The number of aliphatic carboxylic acids is 1. The lowest BCUT2D eigenvalue weighted by atomic mass is 10.2. The highest BCUT2D eigenvalue weighted by molar-refractivity contribution is 5.90. The first-order chi connectivity index (χ1) is 4.63. The number of hydrogen-bond acceptors (Lipinski definition) is 3. The lowest BCUT2D eigenvalue weighted by Gasteiger charge is -2.01. The van der Waals surface area contributed by atoms with Gasteiger partial charge in [0, 0.05) is 7.05 Å². The molecule has 0 bridgehead atoms. The van der Waals surface area contributed by atoms with Crippen molar-refractivity contribution in [2.45, 2.75) is 0 Å². The summed E-state index contributed by atoms with van der Waals surface area (Å²) in [6, 6.07) is 0. The van der Waals surface area contributed by atoms with Gasteiger partial charge in [-0.15, -0.1) is 0 Å². The van der Waals surface area contributed by atoms with Crippen molar-refractivity contribution in [1.29, 1.82) is 0 Å². The molecule has 0 radical (unpaired) electrons. The van der Waals surface area contributed by atoms with Crippen LogP contribution < -0.4 is 11.1 Å².